The Balaban J connectivity index is 1.54. The number of nitrogens with one attached hydrogen (secondary N) is 1. The number of hydrogen-bond acceptors (Lipinski definition) is 5. The van der Waals surface area contributed by atoms with Gasteiger partial charge in [-0.1, -0.05) is 18.2 Å². The lowest BCUT2D eigenvalue weighted by Crippen LogP contribution is -2.49. The summed E-state index contributed by atoms with van der Waals surface area (Å²) in [7, 11) is -0.750. The van der Waals surface area contributed by atoms with Gasteiger partial charge in [-0.3, -0.25) is 9.59 Å². The Morgan fingerprint density at radius 2 is 1.64 bits per heavy atom. The van der Waals surface area contributed by atoms with Gasteiger partial charge in [0.25, 0.3) is 5.91 Å². The average molecular weight is 473 g/mol. The van der Waals surface area contributed by atoms with E-state index in [-0.39, 0.29) is 29.3 Å². The lowest BCUT2D eigenvalue weighted by atomic mass is 10.1. The number of amides is 2. The number of carbonyl (C=O) groups is 2. The Labute approximate surface area is 196 Å². The number of carbonyl (C=O) groups excluding carboxylic acids is 2. The summed E-state index contributed by atoms with van der Waals surface area (Å²) in [6.45, 7) is 6.53. The zero-order valence-electron chi connectivity index (χ0n) is 19.7. The number of hydrogen-bond donors (Lipinski definition) is 1. The van der Waals surface area contributed by atoms with Gasteiger partial charge in [-0.2, -0.15) is 0 Å². The number of piperazine rings is 1. The summed E-state index contributed by atoms with van der Waals surface area (Å²) in [4.78, 5) is 29.4. The van der Waals surface area contributed by atoms with Crippen LogP contribution in [0.2, 0.25) is 0 Å². The molecule has 1 N–H and O–H groups in total. The molecule has 2 aromatic carbocycles. The lowest BCUT2D eigenvalue weighted by Gasteiger charge is -2.36. The Kier molecular flexibility index (Phi) is 7.76. The molecular weight excluding hydrogens is 440 g/mol. The molecule has 1 aliphatic heterocycles. The molecule has 0 saturated carbocycles. The number of benzene rings is 2. The maximum absolute atomic E-state index is 12.7. The predicted molar refractivity (Wildman–Crippen MR) is 129 cm³/mol. The summed E-state index contributed by atoms with van der Waals surface area (Å²) < 4.78 is 26.4. The first-order valence-corrected chi connectivity index (χ1v) is 12.4. The highest BCUT2D eigenvalue weighted by Gasteiger charge is 2.24. The minimum atomic E-state index is -3.67. The Hall–Kier alpha value is -2.91. The quantitative estimate of drug-likeness (QED) is 0.666. The van der Waals surface area contributed by atoms with Crippen molar-refractivity contribution in [3.8, 4) is 0 Å². The third kappa shape index (κ3) is 5.72. The summed E-state index contributed by atoms with van der Waals surface area (Å²) in [6, 6.07) is 13.2. The second-order valence-electron chi connectivity index (χ2n) is 8.41. The lowest BCUT2D eigenvalue weighted by molar-refractivity contribution is -0.131. The highest BCUT2D eigenvalue weighted by molar-refractivity contribution is 7.89. The molecule has 0 unspecified atom stereocenters. The van der Waals surface area contributed by atoms with E-state index >= 15 is 0 Å². The highest BCUT2D eigenvalue weighted by atomic mass is 32.2. The van der Waals surface area contributed by atoms with Crippen molar-refractivity contribution in [3.63, 3.8) is 0 Å². The van der Waals surface area contributed by atoms with Crippen LogP contribution in [0.3, 0.4) is 0 Å². The van der Waals surface area contributed by atoms with E-state index in [4.69, 9.17) is 0 Å². The maximum atomic E-state index is 12.7. The van der Waals surface area contributed by atoms with Gasteiger partial charge >= 0.3 is 0 Å². The van der Waals surface area contributed by atoms with Crippen LogP contribution in [0.1, 0.15) is 27.9 Å². The molecule has 2 aromatic rings. The molecule has 178 valence electrons. The molecule has 0 spiro atoms. The standard InChI is InChI=1S/C24H32N4O4S/c1-18-16-20(17-22(19(18)2)33(31,32)26(3)4)24(30)25-11-10-23(29)28-14-12-27(13-15-28)21-8-6-5-7-9-21/h5-9,16-17H,10-15H2,1-4H3,(H,25,30). The average Bonchev–Trinajstić information content (AvgIpc) is 2.81. The SMILES string of the molecule is Cc1cc(C(=O)NCCC(=O)N2CCN(c3ccccc3)CC2)cc(S(=O)(=O)N(C)C)c1C. The van der Waals surface area contributed by atoms with Gasteiger partial charge in [0, 0.05) is 64.5 Å². The van der Waals surface area contributed by atoms with Crippen molar-refractivity contribution >= 4 is 27.5 Å². The van der Waals surface area contributed by atoms with Crippen molar-refractivity contribution in [1.82, 2.24) is 14.5 Å². The molecule has 0 aliphatic carbocycles. The molecular formula is C24H32N4O4S. The summed E-state index contributed by atoms with van der Waals surface area (Å²) in [5, 5.41) is 2.75. The van der Waals surface area contributed by atoms with Gasteiger partial charge in [-0.05, 0) is 49.2 Å². The van der Waals surface area contributed by atoms with Crippen LogP contribution < -0.4 is 10.2 Å². The van der Waals surface area contributed by atoms with Crippen LogP contribution in [-0.2, 0) is 14.8 Å². The van der Waals surface area contributed by atoms with Crippen molar-refractivity contribution in [2.45, 2.75) is 25.2 Å². The highest BCUT2D eigenvalue weighted by Crippen LogP contribution is 2.23. The summed E-state index contributed by atoms with van der Waals surface area (Å²) >= 11 is 0. The molecule has 3 rings (SSSR count). The number of para-hydroxylation sites is 1. The molecule has 1 fully saturated rings. The van der Waals surface area contributed by atoms with E-state index in [1.165, 1.54) is 20.2 Å². The molecule has 0 bridgehead atoms. The second-order valence-corrected chi connectivity index (χ2v) is 10.5. The van der Waals surface area contributed by atoms with Crippen LogP contribution >= 0.6 is 0 Å². The fourth-order valence-corrected chi connectivity index (χ4v) is 5.04. The molecule has 8 nitrogen and oxygen atoms in total. The number of nitrogens with zero attached hydrogens (tertiary/aromatic N) is 3. The van der Waals surface area contributed by atoms with E-state index in [1.807, 2.05) is 23.1 Å². The van der Waals surface area contributed by atoms with Crippen LogP contribution in [0.15, 0.2) is 47.4 Å². The molecule has 9 heteroatoms. The van der Waals surface area contributed by atoms with Crippen molar-refractivity contribution < 1.29 is 18.0 Å². The van der Waals surface area contributed by atoms with Crippen LogP contribution in [0.25, 0.3) is 0 Å². The smallest absolute Gasteiger partial charge is 0.251 e. The van der Waals surface area contributed by atoms with Gasteiger partial charge in [0.05, 0.1) is 4.90 Å². The third-order valence-electron chi connectivity index (χ3n) is 6.02. The molecule has 0 radical (unpaired) electrons. The minimum absolute atomic E-state index is 0.000951. The molecule has 33 heavy (non-hydrogen) atoms. The summed E-state index contributed by atoms with van der Waals surface area (Å²) in [5.74, 6) is -0.394. The first-order chi connectivity index (χ1) is 15.6. The van der Waals surface area contributed by atoms with Crippen LogP contribution in [-0.4, -0.2) is 76.3 Å². The monoisotopic (exact) mass is 472 g/mol. The van der Waals surface area contributed by atoms with Crippen molar-refractivity contribution in [3.05, 3.63) is 59.2 Å². The van der Waals surface area contributed by atoms with E-state index in [0.717, 1.165) is 28.6 Å². The van der Waals surface area contributed by atoms with Gasteiger partial charge in [0.2, 0.25) is 15.9 Å². The fourth-order valence-electron chi connectivity index (χ4n) is 3.82. The minimum Gasteiger partial charge on any atom is -0.368 e. The molecule has 0 atom stereocenters. The fraction of sp³-hybridized carbons (Fsp3) is 0.417. The molecule has 0 aromatic heterocycles. The predicted octanol–water partition coefficient (Wildman–Crippen LogP) is 2.02. The Morgan fingerprint density at radius 3 is 2.24 bits per heavy atom. The van der Waals surface area contributed by atoms with Crippen molar-refractivity contribution in [1.29, 1.82) is 0 Å². The van der Waals surface area contributed by atoms with Gasteiger partial charge < -0.3 is 15.1 Å². The molecule has 2 amide bonds. The van der Waals surface area contributed by atoms with E-state index in [2.05, 4.69) is 22.3 Å². The topological polar surface area (TPSA) is 90.0 Å². The van der Waals surface area contributed by atoms with Crippen LogP contribution in [0.4, 0.5) is 5.69 Å². The number of rotatable bonds is 7. The summed E-state index contributed by atoms with van der Waals surface area (Å²) in [5.41, 5.74) is 2.75. The first kappa shape index (κ1) is 24.7. The first-order valence-electron chi connectivity index (χ1n) is 11.0. The van der Waals surface area contributed by atoms with Gasteiger partial charge in [0.1, 0.15) is 0 Å². The van der Waals surface area contributed by atoms with Gasteiger partial charge in [-0.15, -0.1) is 0 Å². The third-order valence-corrected chi connectivity index (χ3v) is 7.96. The van der Waals surface area contributed by atoms with Crippen molar-refractivity contribution in [2.75, 3.05) is 51.7 Å². The summed E-state index contributed by atoms with van der Waals surface area (Å²) in [6.07, 6.45) is 0.199. The van der Waals surface area contributed by atoms with E-state index < -0.39 is 15.9 Å². The number of aryl methyl sites for hydroxylation is 1. The van der Waals surface area contributed by atoms with Gasteiger partial charge in [0.15, 0.2) is 0 Å². The van der Waals surface area contributed by atoms with E-state index in [9.17, 15) is 18.0 Å². The molecule has 1 heterocycles. The van der Waals surface area contributed by atoms with Crippen molar-refractivity contribution in [2.24, 2.45) is 0 Å². The van der Waals surface area contributed by atoms with Crippen LogP contribution in [0.5, 0.6) is 0 Å². The molecule has 1 aliphatic rings. The van der Waals surface area contributed by atoms with E-state index in [0.29, 0.717) is 18.7 Å². The molecule has 1 saturated heterocycles. The van der Waals surface area contributed by atoms with E-state index in [1.54, 1.807) is 19.9 Å². The Bertz CT molecular complexity index is 1110. The van der Waals surface area contributed by atoms with Crippen LogP contribution in [0, 0.1) is 13.8 Å². The van der Waals surface area contributed by atoms with Gasteiger partial charge in [-0.25, -0.2) is 12.7 Å². The second kappa shape index (κ2) is 10.4. The Morgan fingerprint density at radius 1 is 1.00 bits per heavy atom. The zero-order valence-corrected chi connectivity index (χ0v) is 20.5. The normalized spacial score (nSPS) is 14.5. The largest absolute Gasteiger partial charge is 0.368 e. The zero-order chi connectivity index (χ0) is 24.2. The maximum Gasteiger partial charge on any atom is 0.251 e. The number of sulfonamides is 1. The number of anilines is 1.